The standard InChI is InChI=1S/C19H19N3O2/c1-13-12-14(2)22(21-13)17-10-6-5-9-16(17)20-19(23)15-8-4-7-11-18(15)24-3/h4-12H,1-3H3,(H,20,23). The minimum Gasteiger partial charge on any atom is -0.496 e. The molecule has 5 heteroatoms. The maximum absolute atomic E-state index is 12.6. The third kappa shape index (κ3) is 3.01. The summed E-state index contributed by atoms with van der Waals surface area (Å²) in [6.07, 6.45) is 0. The summed E-state index contributed by atoms with van der Waals surface area (Å²) < 4.78 is 7.09. The molecule has 0 aliphatic heterocycles. The molecule has 1 N–H and O–H groups in total. The van der Waals surface area contributed by atoms with E-state index in [1.165, 1.54) is 0 Å². The molecule has 1 amide bonds. The van der Waals surface area contributed by atoms with E-state index in [0.717, 1.165) is 17.1 Å². The number of hydrogen-bond acceptors (Lipinski definition) is 3. The number of carbonyl (C=O) groups excluding carboxylic acids is 1. The van der Waals surface area contributed by atoms with E-state index in [4.69, 9.17) is 4.74 Å². The topological polar surface area (TPSA) is 56.1 Å². The lowest BCUT2D eigenvalue weighted by Gasteiger charge is -2.13. The van der Waals surface area contributed by atoms with Crippen LogP contribution in [0.15, 0.2) is 54.6 Å². The quantitative estimate of drug-likeness (QED) is 0.796. The second-order valence-corrected chi connectivity index (χ2v) is 5.51. The SMILES string of the molecule is COc1ccccc1C(=O)Nc1ccccc1-n1nc(C)cc1C. The Hall–Kier alpha value is -3.08. The molecule has 0 saturated carbocycles. The van der Waals surface area contributed by atoms with Gasteiger partial charge in [0.25, 0.3) is 5.91 Å². The number of amides is 1. The van der Waals surface area contributed by atoms with E-state index in [1.807, 2.05) is 61.0 Å². The number of para-hydroxylation sites is 3. The monoisotopic (exact) mass is 321 g/mol. The van der Waals surface area contributed by atoms with Crippen LogP contribution in [0.2, 0.25) is 0 Å². The zero-order valence-corrected chi connectivity index (χ0v) is 13.9. The van der Waals surface area contributed by atoms with Crippen LogP contribution in [0.1, 0.15) is 21.7 Å². The first kappa shape index (κ1) is 15.8. The first-order chi connectivity index (χ1) is 11.6. The average Bonchev–Trinajstić information content (AvgIpc) is 2.93. The van der Waals surface area contributed by atoms with Gasteiger partial charge in [0.15, 0.2) is 0 Å². The van der Waals surface area contributed by atoms with Crippen LogP contribution in [0.5, 0.6) is 5.75 Å². The molecule has 0 bridgehead atoms. The molecule has 24 heavy (non-hydrogen) atoms. The first-order valence-corrected chi connectivity index (χ1v) is 7.67. The molecule has 0 saturated heterocycles. The largest absolute Gasteiger partial charge is 0.496 e. The number of nitrogens with zero attached hydrogens (tertiary/aromatic N) is 2. The number of methoxy groups -OCH3 is 1. The van der Waals surface area contributed by atoms with Crippen molar-refractivity contribution in [1.29, 1.82) is 0 Å². The van der Waals surface area contributed by atoms with Gasteiger partial charge in [-0.3, -0.25) is 4.79 Å². The van der Waals surface area contributed by atoms with E-state index in [9.17, 15) is 4.79 Å². The van der Waals surface area contributed by atoms with Gasteiger partial charge in [-0.25, -0.2) is 4.68 Å². The van der Waals surface area contributed by atoms with Crippen LogP contribution in [0.3, 0.4) is 0 Å². The molecule has 0 atom stereocenters. The highest BCUT2D eigenvalue weighted by Crippen LogP contribution is 2.24. The summed E-state index contributed by atoms with van der Waals surface area (Å²) in [5.74, 6) is 0.319. The summed E-state index contributed by atoms with van der Waals surface area (Å²) in [5, 5.41) is 7.45. The van der Waals surface area contributed by atoms with Crippen LogP contribution >= 0.6 is 0 Å². The van der Waals surface area contributed by atoms with Crippen LogP contribution < -0.4 is 10.1 Å². The molecule has 1 aromatic heterocycles. The molecule has 0 fully saturated rings. The van der Waals surface area contributed by atoms with E-state index in [-0.39, 0.29) is 5.91 Å². The molecule has 5 nitrogen and oxygen atoms in total. The van der Waals surface area contributed by atoms with E-state index >= 15 is 0 Å². The lowest BCUT2D eigenvalue weighted by atomic mass is 10.1. The smallest absolute Gasteiger partial charge is 0.259 e. The highest BCUT2D eigenvalue weighted by Gasteiger charge is 2.15. The average molecular weight is 321 g/mol. The van der Waals surface area contributed by atoms with Crippen molar-refractivity contribution in [2.45, 2.75) is 13.8 Å². The van der Waals surface area contributed by atoms with Crippen LogP contribution in [0.25, 0.3) is 5.69 Å². The number of benzene rings is 2. The minimum absolute atomic E-state index is 0.221. The number of aryl methyl sites for hydroxylation is 2. The number of aromatic nitrogens is 2. The Labute approximate surface area is 140 Å². The van der Waals surface area contributed by atoms with Gasteiger partial charge in [-0.1, -0.05) is 24.3 Å². The molecule has 1 heterocycles. The van der Waals surface area contributed by atoms with Crippen molar-refractivity contribution in [2.75, 3.05) is 12.4 Å². The van der Waals surface area contributed by atoms with Crippen molar-refractivity contribution < 1.29 is 9.53 Å². The molecule has 122 valence electrons. The van der Waals surface area contributed by atoms with Crippen LogP contribution in [0, 0.1) is 13.8 Å². The van der Waals surface area contributed by atoms with Crippen LogP contribution in [-0.4, -0.2) is 22.8 Å². The zero-order valence-electron chi connectivity index (χ0n) is 13.9. The normalized spacial score (nSPS) is 10.5. The number of hydrogen-bond donors (Lipinski definition) is 1. The number of rotatable bonds is 4. The van der Waals surface area contributed by atoms with E-state index in [2.05, 4.69) is 10.4 Å². The van der Waals surface area contributed by atoms with Crippen molar-refractivity contribution in [1.82, 2.24) is 9.78 Å². The van der Waals surface area contributed by atoms with Crippen LogP contribution in [0.4, 0.5) is 5.69 Å². The molecule has 0 unspecified atom stereocenters. The van der Waals surface area contributed by atoms with Gasteiger partial charge in [0, 0.05) is 5.69 Å². The number of anilines is 1. The molecule has 3 rings (SSSR count). The highest BCUT2D eigenvalue weighted by atomic mass is 16.5. The van der Waals surface area contributed by atoms with Crippen molar-refractivity contribution in [3.8, 4) is 11.4 Å². The maximum atomic E-state index is 12.6. The van der Waals surface area contributed by atoms with Gasteiger partial charge < -0.3 is 10.1 Å². The number of ether oxygens (including phenoxy) is 1. The molecule has 2 aromatic carbocycles. The van der Waals surface area contributed by atoms with Gasteiger partial charge >= 0.3 is 0 Å². The summed E-state index contributed by atoms with van der Waals surface area (Å²) in [7, 11) is 1.55. The van der Waals surface area contributed by atoms with Gasteiger partial charge in [0.05, 0.1) is 29.7 Å². The maximum Gasteiger partial charge on any atom is 0.259 e. The molecule has 0 spiro atoms. The third-order valence-electron chi connectivity index (χ3n) is 3.74. The number of carbonyl (C=O) groups is 1. The summed E-state index contributed by atoms with van der Waals surface area (Å²) in [6.45, 7) is 3.93. The number of nitrogens with one attached hydrogen (secondary N) is 1. The molecular formula is C19H19N3O2. The molecule has 0 aliphatic carbocycles. The predicted molar refractivity (Wildman–Crippen MR) is 94.0 cm³/mol. The van der Waals surface area contributed by atoms with Gasteiger partial charge in [0.1, 0.15) is 5.75 Å². The lowest BCUT2D eigenvalue weighted by Crippen LogP contribution is -2.15. The highest BCUT2D eigenvalue weighted by molar-refractivity contribution is 6.07. The fourth-order valence-electron chi connectivity index (χ4n) is 2.66. The Morgan fingerprint density at radius 2 is 1.79 bits per heavy atom. The summed E-state index contributed by atoms with van der Waals surface area (Å²) in [6, 6.07) is 16.7. The predicted octanol–water partition coefficient (Wildman–Crippen LogP) is 3.75. The summed E-state index contributed by atoms with van der Waals surface area (Å²) in [4.78, 5) is 12.6. The summed E-state index contributed by atoms with van der Waals surface area (Å²) in [5.41, 5.74) is 3.94. The molecular weight excluding hydrogens is 302 g/mol. The zero-order chi connectivity index (χ0) is 17.1. The van der Waals surface area contributed by atoms with Gasteiger partial charge in [-0.05, 0) is 44.2 Å². The Bertz CT molecular complexity index is 884. The fourth-order valence-corrected chi connectivity index (χ4v) is 2.66. The molecule has 3 aromatic rings. The van der Waals surface area contributed by atoms with Crippen LogP contribution in [-0.2, 0) is 0 Å². The Kier molecular flexibility index (Phi) is 4.33. The summed E-state index contributed by atoms with van der Waals surface area (Å²) >= 11 is 0. The Balaban J connectivity index is 1.97. The van der Waals surface area contributed by atoms with Crippen molar-refractivity contribution >= 4 is 11.6 Å². The van der Waals surface area contributed by atoms with Gasteiger partial charge in [-0.2, -0.15) is 5.10 Å². The van der Waals surface area contributed by atoms with Crippen molar-refractivity contribution in [3.05, 3.63) is 71.5 Å². The Morgan fingerprint density at radius 1 is 1.08 bits per heavy atom. The molecule has 0 aliphatic rings. The second kappa shape index (κ2) is 6.58. The minimum atomic E-state index is -0.221. The van der Waals surface area contributed by atoms with Gasteiger partial charge in [0.2, 0.25) is 0 Å². The fraction of sp³-hybridized carbons (Fsp3) is 0.158. The lowest BCUT2D eigenvalue weighted by molar-refractivity contribution is 0.102. The van der Waals surface area contributed by atoms with E-state index < -0.39 is 0 Å². The van der Waals surface area contributed by atoms with Crippen molar-refractivity contribution in [3.63, 3.8) is 0 Å². The van der Waals surface area contributed by atoms with Crippen molar-refractivity contribution in [2.24, 2.45) is 0 Å². The molecule has 0 radical (unpaired) electrons. The van der Waals surface area contributed by atoms with Gasteiger partial charge in [-0.15, -0.1) is 0 Å². The van der Waals surface area contributed by atoms with E-state index in [1.54, 1.807) is 19.2 Å². The first-order valence-electron chi connectivity index (χ1n) is 7.67. The second-order valence-electron chi connectivity index (χ2n) is 5.51. The Morgan fingerprint density at radius 3 is 2.50 bits per heavy atom. The third-order valence-corrected chi connectivity index (χ3v) is 3.74. The van der Waals surface area contributed by atoms with E-state index in [0.29, 0.717) is 17.0 Å².